The molecule has 0 amide bonds. The first-order valence-electron chi connectivity index (χ1n) is 14.7. The second kappa shape index (κ2) is 12.8. The van der Waals surface area contributed by atoms with E-state index in [1.54, 1.807) is 17.4 Å². The Kier molecular flexibility index (Phi) is 9.40. The third-order valence-corrected chi connectivity index (χ3v) is 11.4. The summed E-state index contributed by atoms with van der Waals surface area (Å²) >= 11 is 3.64. The molecule has 3 unspecified atom stereocenters. The maximum Gasteiger partial charge on any atom is 0.321 e. The number of halogens is 1. The van der Waals surface area contributed by atoms with Gasteiger partial charge in [-0.3, -0.25) is 9.69 Å². The molecule has 1 aliphatic heterocycles. The number of piperidine rings is 1. The van der Waals surface area contributed by atoms with Crippen LogP contribution >= 0.6 is 22.7 Å². The van der Waals surface area contributed by atoms with E-state index in [1.165, 1.54) is 21.5 Å². The van der Waals surface area contributed by atoms with E-state index in [1.807, 2.05) is 44.4 Å². The summed E-state index contributed by atoms with van der Waals surface area (Å²) < 4.78 is 14.3. The summed E-state index contributed by atoms with van der Waals surface area (Å²) in [6, 6.07) is 11.0. The van der Waals surface area contributed by atoms with Crippen molar-refractivity contribution >= 4 is 28.6 Å². The molecule has 0 spiro atoms. The largest absolute Gasteiger partial charge is 0.480 e. The fourth-order valence-electron chi connectivity index (χ4n) is 7.08. The Morgan fingerprint density at radius 3 is 2.60 bits per heavy atom. The lowest BCUT2D eigenvalue weighted by Crippen LogP contribution is -2.47. The van der Waals surface area contributed by atoms with Crippen molar-refractivity contribution in [2.75, 3.05) is 26.7 Å². The molecule has 8 heteroatoms. The minimum Gasteiger partial charge on any atom is -0.480 e. The van der Waals surface area contributed by atoms with Gasteiger partial charge in [0.2, 0.25) is 0 Å². The van der Waals surface area contributed by atoms with Gasteiger partial charge in [0.15, 0.2) is 0 Å². The summed E-state index contributed by atoms with van der Waals surface area (Å²) in [5.41, 5.74) is 2.31. The molecule has 1 saturated heterocycles. The maximum absolute atomic E-state index is 14.3. The number of carboxylic acid groups (broad SMARTS) is 1. The first-order valence-corrected chi connectivity index (χ1v) is 16.4. The molecular formula is C32H42FN3O2S2. The number of nitrogens with zero attached hydrogens (tertiary/aromatic N) is 3. The van der Waals surface area contributed by atoms with E-state index >= 15 is 0 Å². The number of likely N-dealkylation sites (tertiary alicyclic amines) is 1. The molecule has 1 N–H and O–H groups in total. The fraction of sp³-hybridized carbons (Fsp3) is 0.562. The topological polar surface area (TPSA) is 56.7 Å². The predicted octanol–water partition coefficient (Wildman–Crippen LogP) is 7.36. The van der Waals surface area contributed by atoms with Crippen LogP contribution in [0.5, 0.6) is 0 Å². The van der Waals surface area contributed by atoms with Crippen molar-refractivity contribution < 1.29 is 14.3 Å². The number of aryl methyl sites for hydroxylation is 1. The molecule has 40 heavy (non-hydrogen) atoms. The second-order valence-electron chi connectivity index (χ2n) is 12.0. The third kappa shape index (κ3) is 6.35. The van der Waals surface area contributed by atoms with Crippen LogP contribution in [0.25, 0.3) is 9.88 Å². The first-order chi connectivity index (χ1) is 19.2. The van der Waals surface area contributed by atoms with Gasteiger partial charge in [-0.25, -0.2) is 9.37 Å². The number of thiophene rings is 1. The second-order valence-corrected chi connectivity index (χ2v) is 14.0. The summed E-state index contributed by atoms with van der Waals surface area (Å²) in [4.78, 5) is 24.5. The van der Waals surface area contributed by atoms with E-state index in [9.17, 15) is 14.3 Å². The van der Waals surface area contributed by atoms with Crippen molar-refractivity contribution in [2.24, 2.45) is 11.8 Å². The number of hydrogen-bond donors (Lipinski definition) is 1. The van der Waals surface area contributed by atoms with Crippen LogP contribution < -0.4 is 0 Å². The lowest BCUT2D eigenvalue weighted by atomic mass is 9.87. The van der Waals surface area contributed by atoms with Crippen LogP contribution in [0.4, 0.5) is 4.39 Å². The van der Waals surface area contributed by atoms with Gasteiger partial charge < -0.3 is 10.0 Å². The van der Waals surface area contributed by atoms with Gasteiger partial charge in [0.05, 0.1) is 10.6 Å². The molecule has 3 aromatic rings. The van der Waals surface area contributed by atoms with Crippen LogP contribution in [0.1, 0.15) is 74.4 Å². The highest BCUT2D eigenvalue weighted by atomic mass is 32.1. The molecule has 2 aromatic heterocycles. The lowest BCUT2D eigenvalue weighted by molar-refractivity contribution is -0.145. The average Bonchev–Trinajstić information content (AvgIpc) is 3.68. The smallest absolute Gasteiger partial charge is 0.321 e. The van der Waals surface area contributed by atoms with Crippen LogP contribution in [-0.2, 0) is 11.2 Å². The molecule has 0 bridgehead atoms. The van der Waals surface area contributed by atoms with E-state index in [0.29, 0.717) is 11.8 Å². The summed E-state index contributed by atoms with van der Waals surface area (Å²) in [6.07, 6.45) is 5.04. The Hall–Kier alpha value is -2.13. The van der Waals surface area contributed by atoms with Crippen LogP contribution in [-0.4, -0.2) is 64.6 Å². The van der Waals surface area contributed by atoms with E-state index in [0.717, 1.165) is 62.3 Å². The Bertz CT molecular complexity index is 1270. The van der Waals surface area contributed by atoms with Gasteiger partial charge in [0.25, 0.3) is 0 Å². The van der Waals surface area contributed by atoms with Gasteiger partial charge in [-0.05, 0) is 105 Å². The Labute approximate surface area is 246 Å². The summed E-state index contributed by atoms with van der Waals surface area (Å²) in [5.74, 6) is 0.214. The van der Waals surface area contributed by atoms with E-state index in [2.05, 4.69) is 34.2 Å². The zero-order valence-electron chi connectivity index (χ0n) is 24.1. The molecular weight excluding hydrogens is 542 g/mol. The molecule has 1 saturated carbocycles. The van der Waals surface area contributed by atoms with Gasteiger partial charge in [0.1, 0.15) is 16.9 Å². The van der Waals surface area contributed by atoms with Crippen molar-refractivity contribution in [3.05, 3.63) is 63.7 Å². The van der Waals surface area contributed by atoms with Crippen LogP contribution in [0.2, 0.25) is 0 Å². The lowest BCUT2D eigenvalue weighted by Gasteiger charge is -2.35. The summed E-state index contributed by atoms with van der Waals surface area (Å²) in [5, 5.41) is 13.2. The van der Waals surface area contributed by atoms with Gasteiger partial charge in [-0.2, -0.15) is 0 Å². The molecule has 0 radical (unpaired) electrons. The number of thiazole rings is 1. The Morgan fingerprint density at radius 2 is 1.98 bits per heavy atom. The van der Waals surface area contributed by atoms with Crippen LogP contribution in [0.3, 0.4) is 0 Å². The van der Waals surface area contributed by atoms with Crippen molar-refractivity contribution in [1.82, 2.24) is 14.8 Å². The third-order valence-electron chi connectivity index (χ3n) is 9.09. The van der Waals surface area contributed by atoms with Gasteiger partial charge >= 0.3 is 5.97 Å². The van der Waals surface area contributed by atoms with Crippen molar-refractivity contribution in [2.45, 2.75) is 76.8 Å². The monoisotopic (exact) mass is 583 g/mol. The normalized spacial score (nSPS) is 23.3. The highest BCUT2D eigenvalue weighted by Gasteiger charge is 2.42. The number of likely N-dealkylation sites (N-methyl/N-ethyl adjacent to an activating group) is 1. The highest BCUT2D eigenvalue weighted by Crippen LogP contribution is 2.44. The minimum absolute atomic E-state index is 0.0216. The molecule has 5 rings (SSSR count). The Morgan fingerprint density at radius 1 is 1.20 bits per heavy atom. The van der Waals surface area contributed by atoms with Crippen molar-refractivity contribution in [3.8, 4) is 9.88 Å². The standard InChI is InChI=1S/C32H42FN3O2S2/c1-5-27-30(40-31(34-27)28-10-7-15-39-28)21-11-13-36(14-12-21)19-23-17-25(35(4)29(20(2)3)32(37)38)18-26(23)22-8-6-9-24(33)16-22/h6-10,15-16,20-21,23,25-26,29H,5,11-14,17-19H2,1-4H3,(H,37,38)/t23?,25?,26?,29-/m1/s1. The molecule has 3 heterocycles. The molecule has 5 nitrogen and oxygen atoms in total. The molecule has 1 aliphatic carbocycles. The maximum atomic E-state index is 14.3. The van der Waals surface area contributed by atoms with E-state index in [4.69, 9.17) is 4.98 Å². The molecule has 1 aromatic carbocycles. The SMILES string of the molecule is CCc1nc(-c2cccs2)sc1C1CCN(CC2CC(N(C)[C@@H](C(=O)O)C(C)C)CC2c2cccc(F)c2)CC1. The number of benzene rings is 1. The number of hydrogen-bond acceptors (Lipinski definition) is 6. The molecule has 216 valence electrons. The van der Waals surface area contributed by atoms with Crippen molar-refractivity contribution in [3.63, 3.8) is 0 Å². The Balaban J connectivity index is 1.28. The predicted molar refractivity (Wildman–Crippen MR) is 163 cm³/mol. The first kappa shape index (κ1) is 29.4. The quantitative estimate of drug-likeness (QED) is 0.270. The number of rotatable bonds is 10. The van der Waals surface area contributed by atoms with E-state index in [-0.39, 0.29) is 23.7 Å². The molecule has 2 aliphatic rings. The highest BCUT2D eigenvalue weighted by molar-refractivity contribution is 7.21. The number of aliphatic carboxylic acids is 1. The zero-order valence-corrected chi connectivity index (χ0v) is 25.7. The summed E-state index contributed by atoms with van der Waals surface area (Å²) in [6.45, 7) is 9.24. The number of carboxylic acids is 1. The van der Waals surface area contributed by atoms with Gasteiger partial charge in [-0.15, -0.1) is 22.7 Å². The van der Waals surface area contributed by atoms with Crippen LogP contribution in [0.15, 0.2) is 41.8 Å². The molecule has 2 fully saturated rings. The minimum atomic E-state index is -0.762. The average molecular weight is 584 g/mol. The van der Waals surface area contributed by atoms with Gasteiger partial charge in [-0.1, -0.05) is 39.0 Å². The zero-order chi connectivity index (χ0) is 28.4. The van der Waals surface area contributed by atoms with Crippen LogP contribution in [0, 0.1) is 17.7 Å². The van der Waals surface area contributed by atoms with Gasteiger partial charge in [0, 0.05) is 17.5 Å². The molecule has 4 atom stereocenters. The van der Waals surface area contributed by atoms with E-state index < -0.39 is 12.0 Å². The fourth-order valence-corrected chi connectivity index (χ4v) is 9.20. The summed E-state index contributed by atoms with van der Waals surface area (Å²) in [7, 11) is 1.96. The number of aromatic nitrogens is 1. The van der Waals surface area contributed by atoms with Crippen molar-refractivity contribution in [1.29, 1.82) is 0 Å². The number of carbonyl (C=O) groups is 1.